The standard InChI is InChI=1S/C48H27BN4/c1-3-14-30-28(12-1)26-36(34-18-7-5-16-32(30)34)47-50-40-22-9-20-38-45(40)52(47)42-24-11-25-43-44(42)49(38)39-21-10-23-41-46(39)53(43)48(51-41)37-27-29-13-2-4-15-31(29)33-17-6-8-19-35(33)37/h1-27H. The van der Waals surface area contributed by atoms with Gasteiger partial charge in [0.15, 0.2) is 0 Å². The number of para-hydroxylation sites is 2. The normalized spacial score (nSPS) is 12.9. The molecule has 11 aromatic rings. The highest BCUT2D eigenvalue weighted by Gasteiger charge is 2.41. The average Bonchev–Trinajstić information content (AvgIpc) is 3.81. The average molecular weight is 671 g/mol. The van der Waals surface area contributed by atoms with E-state index in [-0.39, 0.29) is 6.71 Å². The van der Waals surface area contributed by atoms with Crippen LogP contribution in [0.2, 0.25) is 0 Å². The van der Waals surface area contributed by atoms with Gasteiger partial charge in [-0.2, -0.15) is 0 Å². The fourth-order valence-corrected chi connectivity index (χ4v) is 9.79. The molecule has 0 bridgehead atoms. The van der Waals surface area contributed by atoms with Crippen molar-refractivity contribution in [2.75, 3.05) is 0 Å². The van der Waals surface area contributed by atoms with Crippen LogP contribution in [0.4, 0.5) is 0 Å². The van der Waals surface area contributed by atoms with Crippen molar-refractivity contribution in [3.8, 4) is 34.2 Å². The molecular weight excluding hydrogens is 643 g/mol. The van der Waals surface area contributed by atoms with Gasteiger partial charge < -0.3 is 0 Å². The van der Waals surface area contributed by atoms with E-state index < -0.39 is 0 Å². The second-order valence-corrected chi connectivity index (χ2v) is 14.5. The van der Waals surface area contributed by atoms with Crippen LogP contribution in [0, 0.1) is 0 Å². The van der Waals surface area contributed by atoms with Crippen LogP contribution in [0.25, 0.3) is 99.3 Å². The lowest BCUT2D eigenvalue weighted by Crippen LogP contribution is -2.59. The van der Waals surface area contributed by atoms with Crippen molar-refractivity contribution in [3.63, 3.8) is 0 Å². The molecule has 2 aliphatic rings. The van der Waals surface area contributed by atoms with E-state index in [1.807, 2.05) is 0 Å². The molecular formula is C48H27BN4. The first-order valence-electron chi connectivity index (χ1n) is 18.3. The van der Waals surface area contributed by atoms with E-state index in [9.17, 15) is 0 Å². The van der Waals surface area contributed by atoms with E-state index in [2.05, 4.69) is 173 Å². The minimum Gasteiger partial charge on any atom is -0.293 e. The number of hydrogen-bond donors (Lipinski definition) is 0. The summed E-state index contributed by atoms with van der Waals surface area (Å²) in [6.07, 6.45) is 0. The molecule has 0 fully saturated rings. The van der Waals surface area contributed by atoms with Crippen LogP contribution in [-0.2, 0) is 0 Å². The highest BCUT2D eigenvalue weighted by atomic mass is 15.1. The molecule has 0 aliphatic carbocycles. The van der Waals surface area contributed by atoms with Gasteiger partial charge in [-0.05, 0) is 95.9 Å². The Hall–Kier alpha value is -6.98. The van der Waals surface area contributed by atoms with Crippen molar-refractivity contribution in [1.29, 1.82) is 0 Å². The summed E-state index contributed by atoms with van der Waals surface area (Å²) in [6, 6.07) is 59.8. The number of rotatable bonds is 2. The number of aromatic nitrogens is 4. The molecule has 2 aromatic heterocycles. The maximum atomic E-state index is 5.49. The van der Waals surface area contributed by atoms with Crippen LogP contribution >= 0.6 is 0 Å². The van der Waals surface area contributed by atoms with E-state index in [1.54, 1.807) is 0 Å². The summed E-state index contributed by atoms with van der Waals surface area (Å²) >= 11 is 0. The monoisotopic (exact) mass is 670 g/mol. The topological polar surface area (TPSA) is 35.6 Å². The zero-order chi connectivity index (χ0) is 34.4. The summed E-state index contributed by atoms with van der Waals surface area (Å²) in [4.78, 5) is 11.0. The molecule has 0 atom stereocenters. The molecule has 0 unspecified atom stereocenters. The van der Waals surface area contributed by atoms with Crippen LogP contribution in [0.3, 0.4) is 0 Å². The molecule has 0 saturated carbocycles. The summed E-state index contributed by atoms with van der Waals surface area (Å²) in [6.45, 7) is 0.0457. The molecule has 242 valence electrons. The molecule has 0 N–H and O–H groups in total. The lowest BCUT2D eigenvalue weighted by molar-refractivity contribution is 1.08. The molecule has 5 heteroatoms. The Morgan fingerprint density at radius 1 is 0.377 bits per heavy atom. The number of fused-ring (bicyclic) bond motifs is 10. The van der Waals surface area contributed by atoms with E-state index >= 15 is 0 Å². The van der Waals surface area contributed by atoms with Gasteiger partial charge in [-0.15, -0.1) is 0 Å². The lowest BCUT2D eigenvalue weighted by atomic mass is 9.34. The molecule has 13 rings (SSSR count). The Labute approximate surface area is 304 Å². The molecule has 0 amide bonds. The minimum absolute atomic E-state index is 0.0457. The molecule has 0 radical (unpaired) electrons. The van der Waals surface area contributed by atoms with Crippen LogP contribution in [0.15, 0.2) is 164 Å². The molecule has 53 heavy (non-hydrogen) atoms. The second kappa shape index (κ2) is 9.87. The van der Waals surface area contributed by atoms with Crippen LogP contribution in [0.1, 0.15) is 0 Å². The van der Waals surface area contributed by atoms with Crippen molar-refractivity contribution in [3.05, 3.63) is 164 Å². The van der Waals surface area contributed by atoms with E-state index in [4.69, 9.17) is 9.97 Å². The molecule has 9 aromatic carbocycles. The van der Waals surface area contributed by atoms with Crippen molar-refractivity contribution in [2.45, 2.75) is 0 Å². The summed E-state index contributed by atoms with van der Waals surface area (Å²) in [7, 11) is 0. The molecule has 2 aliphatic heterocycles. The van der Waals surface area contributed by atoms with E-state index in [1.165, 1.54) is 81.9 Å². The molecule has 0 spiro atoms. The third-order valence-electron chi connectivity index (χ3n) is 11.9. The Bertz CT molecular complexity index is 3200. The molecule has 4 nitrogen and oxygen atoms in total. The predicted octanol–water partition coefficient (Wildman–Crippen LogP) is 9.45. The number of imidazole rings is 2. The largest absolute Gasteiger partial charge is 0.293 e. The number of nitrogens with zero attached hydrogens (tertiary/aromatic N) is 4. The fourth-order valence-electron chi connectivity index (χ4n) is 9.79. The van der Waals surface area contributed by atoms with Crippen molar-refractivity contribution in [1.82, 2.24) is 19.1 Å². The lowest BCUT2D eigenvalue weighted by Gasteiger charge is -2.33. The first-order chi connectivity index (χ1) is 26.3. The van der Waals surface area contributed by atoms with Gasteiger partial charge in [0.1, 0.15) is 11.6 Å². The van der Waals surface area contributed by atoms with Gasteiger partial charge in [0.25, 0.3) is 6.71 Å². The Morgan fingerprint density at radius 3 is 1.28 bits per heavy atom. The highest BCUT2D eigenvalue weighted by Crippen LogP contribution is 2.41. The maximum absolute atomic E-state index is 5.49. The van der Waals surface area contributed by atoms with Crippen molar-refractivity contribution < 1.29 is 0 Å². The van der Waals surface area contributed by atoms with Gasteiger partial charge in [0.05, 0.1) is 22.1 Å². The van der Waals surface area contributed by atoms with E-state index in [0.717, 1.165) is 33.8 Å². The van der Waals surface area contributed by atoms with E-state index in [0.29, 0.717) is 0 Å². The third-order valence-corrected chi connectivity index (χ3v) is 11.9. The zero-order valence-corrected chi connectivity index (χ0v) is 28.5. The smallest absolute Gasteiger partial charge is 0.252 e. The van der Waals surface area contributed by atoms with Gasteiger partial charge in [-0.1, -0.05) is 127 Å². The third kappa shape index (κ3) is 3.47. The number of hydrogen-bond acceptors (Lipinski definition) is 2. The summed E-state index contributed by atoms with van der Waals surface area (Å²) < 4.78 is 4.90. The van der Waals surface area contributed by atoms with Gasteiger partial charge in [-0.25, -0.2) is 9.97 Å². The first kappa shape index (κ1) is 27.7. The maximum Gasteiger partial charge on any atom is 0.252 e. The zero-order valence-electron chi connectivity index (χ0n) is 28.5. The van der Waals surface area contributed by atoms with Gasteiger partial charge in [0, 0.05) is 22.5 Å². The van der Waals surface area contributed by atoms with Crippen LogP contribution in [0.5, 0.6) is 0 Å². The first-order valence-corrected chi connectivity index (χ1v) is 18.3. The van der Waals surface area contributed by atoms with Crippen LogP contribution in [-0.4, -0.2) is 25.8 Å². The van der Waals surface area contributed by atoms with Gasteiger partial charge in [-0.3, -0.25) is 9.13 Å². The predicted molar refractivity (Wildman–Crippen MR) is 221 cm³/mol. The van der Waals surface area contributed by atoms with Crippen molar-refractivity contribution in [2.24, 2.45) is 0 Å². The van der Waals surface area contributed by atoms with Crippen LogP contribution < -0.4 is 16.4 Å². The molecule has 4 heterocycles. The Balaban J connectivity index is 1.16. The summed E-state index contributed by atoms with van der Waals surface area (Å²) in [5.74, 6) is 1.94. The fraction of sp³-hybridized carbons (Fsp3) is 0. The Morgan fingerprint density at radius 2 is 0.792 bits per heavy atom. The second-order valence-electron chi connectivity index (χ2n) is 14.5. The minimum atomic E-state index is 0.0457. The van der Waals surface area contributed by atoms with Gasteiger partial charge >= 0.3 is 0 Å². The number of benzene rings is 9. The Kier molecular flexibility index (Phi) is 5.16. The highest BCUT2D eigenvalue weighted by molar-refractivity contribution is 7.00. The summed E-state index contributed by atoms with van der Waals surface area (Å²) in [5.41, 5.74) is 12.9. The molecule has 0 saturated heterocycles. The quantitative estimate of drug-likeness (QED) is 0.136. The summed E-state index contributed by atoms with van der Waals surface area (Å²) in [5, 5.41) is 9.84. The van der Waals surface area contributed by atoms with Crippen molar-refractivity contribution >= 4 is 88.3 Å². The van der Waals surface area contributed by atoms with Gasteiger partial charge in [0.2, 0.25) is 0 Å². The SMILES string of the molecule is c1cc2c3c(c1)-n1c(-c4cc5ccccc5c5ccccc45)nc4cccc(c41)B3c1cccc3nc(-c4cc5ccccc5c5ccccc45)n-2c13.